The summed E-state index contributed by atoms with van der Waals surface area (Å²) in [6.45, 7) is 13.8. The van der Waals surface area contributed by atoms with Crippen LogP contribution in [0.25, 0.3) is 0 Å². The Bertz CT molecular complexity index is 397. The Morgan fingerprint density at radius 1 is 1.10 bits per heavy atom. The van der Waals surface area contributed by atoms with Gasteiger partial charge in [-0.25, -0.2) is 0 Å². The lowest BCUT2D eigenvalue weighted by Gasteiger charge is -2.39. The third kappa shape index (κ3) is 6.23. The molecule has 1 aromatic carbocycles. The van der Waals surface area contributed by atoms with E-state index in [9.17, 15) is 0 Å². The maximum atomic E-state index is 6.58. The number of unbranched alkanes of at least 4 members (excludes halogenated alkanes) is 2. The fraction of sp³-hybridized carbons (Fsp3) is 0.667. The van der Waals surface area contributed by atoms with Crippen LogP contribution in [0.4, 0.5) is 5.69 Å². The number of hydrogen-bond acceptors (Lipinski definition) is 2. The van der Waals surface area contributed by atoms with Gasteiger partial charge in [0.05, 0.1) is 0 Å². The lowest BCUT2D eigenvalue weighted by atomic mass is 10.2. The first-order valence-electron chi connectivity index (χ1n) is 8.25. The van der Waals surface area contributed by atoms with Crippen molar-refractivity contribution in [1.82, 2.24) is 0 Å². The van der Waals surface area contributed by atoms with E-state index in [2.05, 4.69) is 70.4 Å². The minimum Gasteiger partial charge on any atom is -0.397 e. The minimum absolute atomic E-state index is 0.125. The van der Waals surface area contributed by atoms with E-state index in [1.165, 1.54) is 19.3 Å². The summed E-state index contributed by atoms with van der Waals surface area (Å²) in [6.07, 6.45) is 4.94. The van der Waals surface area contributed by atoms with Gasteiger partial charge in [-0.2, -0.15) is 0 Å². The van der Waals surface area contributed by atoms with E-state index in [1.54, 1.807) is 0 Å². The lowest BCUT2D eigenvalue weighted by Crippen LogP contribution is -2.46. The molecule has 0 aliphatic carbocycles. The highest BCUT2D eigenvalue weighted by atomic mass is 28.4. The largest absolute Gasteiger partial charge is 0.397 e. The first-order valence-corrected chi connectivity index (χ1v) is 11.2. The second-order valence-corrected chi connectivity index (χ2v) is 12.1. The standard InChI is InChI=1S/C18H33NOSi/c1-7-8-10-15-17(19-16-13-11-9-12-14-16)20-21(5,6)18(2,3)4/h9,11-14,17,19H,7-8,10,15H2,1-6H3. The van der Waals surface area contributed by atoms with Crippen molar-refractivity contribution in [2.75, 3.05) is 5.32 Å². The minimum atomic E-state index is -1.74. The SMILES string of the molecule is CCCCCC(Nc1ccccc1)O[Si](C)(C)C(C)(C)C. The highest BCUT2D eigenvalue weighted by molar-refractivity contribution is 6.74. The van der Waals surface area contributed by atoms with Crippen molar-refractivity contribution in [2.24, 2.45) is 0 Å². The topological polar surface area (TPSA) is 21.3 Å². The number of rotatable bonds is 8. The van der Waals surface area contributed by atoms with Crippen molar-refractivity contribution >= 4 is 14.0 Å². The van der Waals surface area contributed by atoms with Crippen molar-refractivity contribution in [3.63, 3.8) is 0 Å². The van der Waals surface area contributed by atoms with Gasteiger partial charge in [0.2, 0.25) is 0 Å². The van der Waals surface area contributed by atoms with E-state index in [4.69, 9.17) is 4.43 Å². The molecule has 0 aliphatic rings. The molecule has 0 aromatic heterocycles. The van der Waals surface area contributed by atoms with Gasteiger partial charge in [-0.05, 0) is 43.1 Å². The number of benzene rings is 1. The van der Waals surface area contributed by atoms with Crippen LogP contribution in [0.2, 0.25) is 18.1 Å². The van der Waals surface area contributed by atoms with Crippen LogP contribution in [0.15, 0.2) is 30.3 Å². The monoisotopic (exact) mass is 307 g/mol. The van der Waals surface area contributed by atoms with Crippen LogP contribution in [-0.2, 0) is 4.43 Å². The first-order chi connectivity index (χ1) is 9.76. The summed E-state index contributed by atoms with van der Waals surface area (Å²) >= 11 is 0. The highest BCUT2D eigenvalue weighted by Gasteiger charge is 2.39. The van der Waals surface area contributed by atoms with E-state index in [-0.39, 0.29) is 11.3 Å². The summed E-state index contributed by atoms with van der Waals surface area (Å²) in [7, 11) is -1.74. The van der Waals surface area contributed by atoms with Gasteiger partial charge in [-0.1, -0.05) is 58.7 Å². The Hall–Kier alpha value is -0.803. The molecule has 1 aromatic rings. The Labute approximate surface area is 132 Å². The molecule has 0 radical (unpaired) electrons. The van der Waals surface area contributed by atoms with Crippen molar-refractivity contribution in [3.8, 4) is 0 Å². The van der Waals surface area contributed by atoms with Crippen LogP contribution in [-0.4, -0.2) is 14.5 Å². The zero-order valence-corrected chi connectivity index (χ0v) is 15.7. The average molecular weight is 308 g/mol. The Morgan fingerprint density at radius 2 is 1.71 bits per heavy atom. The maximum Gasteiger partial charge on any atom is 0.194 e. The Balaban J connectivity index is 2.72. The highest BCUT2D eigenvalue weighted by Crippen LogP contribution is 2.37. The molecule has 0 heterocycles. The van der Waals surface area contributed by atoms with Crippen LogP contribution in [0.5, 0.6) is 0 Å². The van der Waals surface area contributed by atoms with E-state index in [0.717, 1.165) is 12.1 Å². The van der Waals surface area contributed by atoms with E-state index < -0.39 is 8.32 Å². The summed E-state index contributed by atoms with van der Waals surface area (Å²) in [4.78, 5) is 0. The van der Waals surface area contributed by atoms with Crippen LogP contribution < -0.4 is 5.32 Å². The lowest BCUT2D eigenvalue weighted by molar-refractivity contribution is 0.193. The zero-order valence-electron chi connectivity index (χ0n) is 14.7. The average Bonchev–Trinajstić information content (AvgIpc) is 2.38. The van der Waals surface area contributed by atoms with Crippen molar-refractivity contribution < 1.29 is 4.43 Å². The van der Waals surface area contributed by atoms with Gasteiger partial charge < -0.3 is 9.74 Å². The normalized spacial score (nSPS) is 14.0. The van der Waals surface area contributed by atoms with Crippen LogP contribution >= 0.6 is 0 Å². The molecule has 3 heteroatoms. The molecule has 21 heavy (non-hydrogen) atoms. The molecule has 0 fully saturated rings. The fourth-order valence-corrected chi connectivity index (χ4v) is 3.23. The summed E-state index contributed by atoms with van der Waals surface area (Å²) in [5.74, 6) is 0. The first kappa shape index (κ1) is 18.2. The third-order valence-corrected chi connectivity index (χ3v) is 8.90. The van der Waals surface area contributed by atoms with Gasteiger partial charge in [0.15, 0.2) is 8.32 Å². The van der Waals surface area contributed by atoms with Crippen molar-refractivity contribution in [2.45, 2.75) is 77.7 Å². The van der Waals surface area contributed by atoms with Crippen LogP contribution in [0.1, 0.15) is 53.4 Å². The van der Waals surface area contributed by atoms with Gasteiger partial charge in [0.25, 0.3) is 0 Å². The molecule has 0 spiro atoms. The summed E-state index contributed by atoms with van der Waals surface area (Å²) < 4.78 is 6.58. The van der Waals surface area contributed by atoms with Crippen molar-refractivity contribution in [3.05, 3.63) is 30.3 Å². The second-order valence-electron chi connectivity index (χ2n) is 7.37. The summed E-state index contributed by atoms with van der Waals surface area (Å²) in [5, 5.41) is 3.82. The van der Waals surface area contributed by atoms with E-state index in [0.29, 0.717) is 0 Å². The Kier molecular flexibility index (Phi) is 6.95. The van der Waals surface area contributed by atoms with Gasteiger partial charge in [-0.15, -0.1) is 0 Å². The third-order valence-electron chi connectivity index (χ3n) is 4.41. The van der Waals surface area contributed by atoms with Crippen LogP contribution in [0.3, 0.4) is 0 Å². The molecule has 1 unspecified atom stereocenters. The van der Waals surface area contributed by atoms with E-state index in [1.807, 2.05) is 6.07 Å². The fourth-order valence-electron chi connectivity index (χ4n) is 1.99. The van der Waals surface area contributed by atoms with Crippen molar-refractivity contribution in [1.29, 1.82) is 0 Å². The molecule has 0 saturated heterocycles. The molecule has 0 saturated carbocycles. The maximum absolute atomic E-state index is 6.58. The number of para-hydroxylation sites is 1. The van der Waals surface area contributed by atoms with Gasteiger partial charge in [0, 0.05) is 5.69 Å². The van der Waals surface area contributed by atoms with Gasteiger partial charge in [0.1, 0.15) is 6.23 Å². The molecule has 1 rings (SSSR count). The molecule has 0 amide bonds. The summed E-state index contributed by atoms with van der Waals surface area (Å²) in [6, 6.07) is 10.4. The predicted octanol–water partition coefficient (Wildman–Crippen LogP) is 6.03. The number of hydrogen-bond donors (Lipinski definition) is 1. The molecular weight excluding hydrogens is 274 g/mol. The molecule has 120 valence electrons. The smallest absolute Gasteiger partial charge is 0.194 e. The van der Waals surface area contributed by atoms with Crippen LogP contribution in [0, 0.1) is 0 Å². The molecule has 2 nitrogen and oxygen atoms in total. The number of nitrogens with one attached hydrogen (secondary N) is 1. The predicted molar refractivity (Wildman–Crippen MR) is 96.3 cm³/mol. The molecule has 0 bridgehead atoms. The molecule has 1 atom stereocenters. The Morgan fingerprint density at radius 3 is 2.24 bits per heavy atom. The number of anilines is 1. The molecular formula is C18H33NOSi. The van der Waals surface area contributed by atoms with E-state index >= 15 is 0 Å². The molecule has 1 N–H and O–H groups in total. The molecule has 0 aliphatic heterocycles. The second kappa shape index (κ2) is 8.00. The zero-order chi connectivity index (χ0) is 15.9. The summed E-state index contributed by atoms with van der Waals surface area (Å²) in [5.41, 5.74) is 1.15. The van der Waals surface area contributed by atoms with Gasteiger partial charge in [-0.3, -0.25) is 0 Å². The quantitative estimate of drug-likeness (QED) is 0.360. The van der Waals surface area contributed by atoms with Gasteiger partial charge >= 0.3 is 0 Å².